The van der Waals surface area contributed by atoms with E-state index in [1.807, 2.05) is 11.8 Å². The molecule has 0 bridgehead atoms. The van der Waals surface area contributed by atoms with E-state index in [4.69, 9.17) is 11.6 Å². The van der Waals surface area contributed by atoms with Crippen LogP contribution >= 0.6 is 23.4 Å². The van der Waals surface area contributed by atoms with Crippen LogP contribution in [0.3, 0.4) is 0 Å². The van der Waals surface area contributed by atoms with Crippen LogP contribution in [0.4, 0.5) is 5.82 Å². The molecule has 1 saturated heterocycles. The highest BCUT2D eigenvalue weighted by molar-refractivity contribution is 8.00. The van der Waals surface area contributed by atoms with Crippen LogP contribution in [-0.4, -0.2) is 33.3 Å². The number of thioether (sulfide) groups is 1. The van der Waals surface area contributed by atoms with Crippen LogP contribution in [0.25, 0.3) is 0 Å². The molecule has 6 heteroatoms. The van der Waals surface area contributed by atoms with E-state index in [2.05, 4.69) is 22.2 Å². The van der Waals surface area contributed by atoms with Gasteiger partial charge in [0.05, 0.1) is 5.56 Å². The second-order valence-electron chi connectivity index (χ2n) is 4.30. The predicted molar refractivity (Wildman–Crippen MR) is 71.0 cm³/mol. The average molecular weight is 272 g/mol. The Bertz CT molecular complexity index is 421. The molecule has 2 heterocycles. The number of nitrogens with one attached hydrogen (secondary N) is 1. The monoisotopic (exact) mass is 271 g/mol. The average Bonchev–Trinajstić information content (AvgIpc) is 2.74. The highest BCUT2D eigenvalue weighted by Crippen LogP contribution is 2.37. The number of hydrogen-bond acceptors (Lipinski definition) is 5. The number of aldehydes is 1. The van der Waals surface area contributed by atoms with Crippen molar-refractivity contribution < 1.29 is 4.79 Å². The zero-order valence-corrected chi connectivity index (χ0v) is 11.1. The van der Waals surface area contributed by atoms with E-state index in [0.29, 0.717) is 17.7 Å². The first kappa shape index (κ1) is 12.6. The van der Waals surface area contributed by atoms with Gasteiger partial charge in [-0.15, -0.1) is 0 Å². The van der Waals surface area contributed by atoms with Gasteiger partial charge < -0.3 is 5.32 Å². The van der Waals surface area contributed by atoms with Crippen LogP contribution in [0.15, 0.2) is 6.33 Å². The Labute approximate surface area is 110 Å². The molecule has 1 fully saturated rings. The molecule has 92 valence electrons. The van der Waals surface area contributed by atoms with Crippen LogP contribution < -0.4 is 5.32 Å². The molecule has 0 amide bonds. The third-order valence-corrected chi connectivity index (χ3v) is 4.72. The lowest BCUT2D eigenvalue weighted by Crippen LogP contribution is -2.27. The molecule has 1 unspecified atom stereocenters. The standard InChI is InChI=1S/C11H14ClN3OS/c1-11(3-2-4-17-11)6-13-10-8(5-16)9(12)14-7-15-10/h5,7H,2-4,6H2,1H3,(H,13,14,15). The minimum Gasteiger partial charge on any atom is -0.368 e. The van der Waals surface area contributed by atoms with Crippen molar-refractivity contribution in [3.8, 4) is 0 Å². The van der Waals surface area contributed by atoms with E-state index in [-0.39, 0.29) is 9.90 Å². The van der Waals surface area contributed by atoms with Crippen LogP contribution in [-0.2, 0) is 0 Å². The molecule has 1 aliphatic rings. The molecule has 1 aromatic heterocycles. The minimum absolute atomic E-state index is 0.196. The molecule has 1 aromatic rings. The van der Waals surface area contributed by atoms with Crippen LogP contribution in [0, 0.1) is 0 Å². The van der Waals surface area contributed by atoms with Gasteiger partial charge in [0.1, 0.15) is 17.3 Å². The maximum atomic E-state index is 10.9. The van der Waals surface area contributed by atoms with Gasteiger partial charge in [-0.3, -0.25) is 4.79 Å². The smallest absolute Gasteiger partial charge is 0.156 e. The fraction of sp³-hybridized carbons (Fsp3) is 0.545. The Morgan fingerprint density at radius 2 is 2.47 bits per heavy atom. The van der Waals surface area contributed by atoms with Crippen molar-refractivity contribution in [1.82, 2.24) is 9.97 Å². The SMILES string of the molecule is CC1(CNc2ncnc(Cl)c2C=O)CCCS1. The van der Waals surface area contributed by atoms with Crippen LogP contribution in [0.1, 0.15) is 30.1 Å². The predicted octanol–water partition coefficient (Wildman–Crippen LogP) is 2.64. The zero-order chi connectivity index (χ0) is 12.3. The summed E-state index contributed by atoms with van der Waals surface area (Å²) in [6.45, 7) is 3.01. The van der Waals surface area contributed by atoms with E-state index < -0.39 is 0 Å². The lowest BCUT2D eigenvalue weighted by Gasteiger charge is -2.23. The largest absolute Gasteiger partial charge is 0.368 e. The first-order valence-electron chi connectivity index (χ1n) is 5.48. The number of aromatic nitrogens is 2. The summed E-state index contributed by atoms with van der Waals surface area (Å²) in [5, 5.41) is 3.40. The lowest BCUT2D eigenvalue weighted by molar-refractivity contribution is 0.112. The summed E-state index contributed by atoms with van der Waals surface area (Å²) >= 11 is 7.79. The molecule has 1 N–H and O–H groups in total. The molecular weight excluding hydrogens is 258 g/mol. The minimum atomic E-state index is 0.196. The fourth-order valence-electron chi connectivity index (χ4n) is 1.87. The van der Waals surface area contributed by atoms with Crippen LogP contribution in [0.2, 0.25) is 5.15 Å². The number of halogens is 1. The normalized spacial score (nSPS) is 23.6. The van der Waals surface area contributed by atoms with Gasteiger partial charge in [-0.05, 0) is 25.5 Å². The summed E-state index contributed by atoms with van der Waals surface area (Å²) in [7, 11) is 0. The summed E-state index contributed by atoms with van der Waals surface area (Å²) in [6, 6.07) is 0. The maximum Gasteiger partial charge on any atom is 0.156 e. The van der Waals surface area contributed by atoms with E-state index >= 15 is 0 Å². The quantitative estimate of drug-likeness (QED) is 0.674. The second kappa shape index (κ2) is 5.23. The van der Waals surface area contributed by atoms with Gasteiger partial charge in [0.15, 0.2) is 6.29 Å². The van der Waals surface area contributed by atoms with Crippen LogP contribution in [0.5, 0.6) is 0 Å². The third kappa shape index (κ3) is 2.90. The summed E-state index contributed by atoms with van der Waals surface area (Å²) < 4.78 is 0.220. The molecule has 0 radical (unpaired) electrons. The molecule has 4 nitrogen and oxygen atoms in total. The van der Waals surface area contributed by atoms with Gasteiger partial charge >= 0.3 is 0 Å². The van der Waals surface area contributed by atoms with Crippen molar-refractivity contribution in [1.29, 1.82) is 0 Å². The Morgan fingerprint density at radius 1 is 1.65 bits per heavy atom. The zero-order valence-electron chi connectivity index (χ0n) is 9.57. The summed E-state index contributed by atoms with van der Waals surface area (Å²) in [4.78, 5) is 18.8. The second-order valence-corrected chi connectivity index (χ2v) is 6.34. The van der Waals surface area contributed by atoms with Crippen molar-refractivity contribution >= 4 is 35.5 Å². The van der Waals surface area contributed by atoms with E-state index in [9.17, 15) is 4.79 Å². The van der Waals surface area contributed by atoms with E-state index in [0.717, 1.165) is 6.54 Å². The molecule has 0 spiro atoms. The van der Waals surface area contributed by atoms with Crippen molar-refractivity contribution in [2.24, 2.45) is 0 Å². The van der Waals surface area contributed by atoms with Gasteiger partial charge in [0, 0.05) is 11.3 Å². The van der Waals surface area contributed by atoms with Crippen molar-refractivity contribution in [2.75, 3.05) is 17.6 Å². The van der Waals surface area contributed by atoms with Gasteiger partial charge in [-0.25, -0.2) is 9.97 Å². The van der Waals surface area contributed by atoms with Gasteiger partial charge in [0.2, 0.25) is 0 Å². The Hall–Kier alpha value is -0.810. The Kier molecular flexibility index (Phi) is 3.89. The fourth-order valence-corrected chi connectivity index (χ4v) is 3.29. The topological polar surface area (TPSA) is 54.9 Å². The third-order valence-electron chi connectivity index (χ3n) is 2.88. The lowest BCUT2D eigenvalue weighted by atomic mass is 10.1. The molecular formula is C11H14ClN3OS. The number of hydrogen-bond donors (Lipinski definition) is 1. The summed E-state index contributed by atoms with van der Waals surface area (Å²) in [5.74, 6) is 1.72. The Morgan fingerprint density at radius 3 is 3.12 bits per heavy atom. The molecule has 2 rings (SSSR count). The highest BCUT2D eigenvalue weighted by atomic mass is 35.5. The highest BCUT2D eigenvalue weighted by Gasteiger charge is 2.29. The molecule has 0 aromatic carbocycles. The molecule has 1 atom stereocenters. The Balaban J connectivity index is 2.08. The first-order valence-corrected chi connectivity index (χ1v) is 6.84. The van der Waals surface area contributed by atoms with Gasteiger partial charge in [0.25, 0.3) is 0 Å². The maximum absolute atomic E-state index is 10.9. The van der Waals surface area contributed by atoms with Gasteiger partial charge in [-0.1, -0.05) is 11.6 Å². The number of nitrogens with zero attached hydrogens (tertiary/aromatic N) is 2. The van der Waals surface area contributed by atoms with E-state index in [1.54, 1.807) is 0 Å². The summed E-state index contributed by atoms with van der Waals surface area (Å²) in [6.07, 6.45) is 4.48. The first-order chi connectivity index (χ1) is 8.14. The molecule has 17 heavy (non-hydrogen) atoms. The van der Waals surface area contributed by atoms with Gasteiger partial charge in [-0.2, -0.15) is 11.8 Å². The van der Waals surface area contributed by atoms with Crippen molar-refractivity contribution in [3.05, 3.63) is 17.0 Å². The molecule has 0 aliphatic carbocycles. The van der Waals surface area contributed by atoms with E-state index in [1.165, 1.54) is 24.9 Å². The number of rotatable bonds is 4. The number of carbonyl (C=O) groups excluding carboxylic acids is 1. The molecule has 1 aliphatic heterocycles. The van der Waals surface area contributed by atoms with Crippen molar-refractivity contribution in [2.45, 2.75) is 24.5 Å². The van der Waals surface area contributed by atoms with Crippen molar-refractivity contribution in [3.63, 3.8) is 0 Å². The number of anilines is 1. The number of carbonyl (C=O) groups is 1. The molecule has 0 saturated carbocycles. The summed E-state index contributed by atoms with van der Waals surface area (Å²) in [5.41, 5.74) is 0.334.